The van der Waals surface area contributed by atoms with Crippen molar-refractivity contribution in [1.82, 2.24) is 0 Å². The zero-order valence-electron chi connectivity index (χ0n) is 10.0. The van der Waals surface area contributed by atoms with Gasteiger partial charge in [0, 0.05) is 20.3 Å². The van der Waals surface area contributed by atoms with Gasteiger partial charge in [0.15, 0.2) is 0 Å². The number of nitrogens with two attached hydrogens (primary N) is 2. The lowest BCUT2D eigenvalue weighted by Gasteiger charge is -2.19. The van der Waals surface area contributed by atoms with E-state index in [9.17, 15) is 4.79 Å². The van der Waals surface area contributed by atoms with Crippen molar-refractivity contribution in [2.45, 2.75) is 18.9 Å². The molecule has 0 heterocycles. The van der Waals surface area contributed by atoms with Crippen LogP contribution in [0, 0.1) is 0 Å². The fraction of sp³-hybridized carbons (Fsp3) is 0.900. The van der Waals surface area contributed by atoms with Gasteiger partial charge in [-0.25, -0.2) is 0 Å². The Kier molecular flexibility index (Phi) is 8.10. The Morgan fingerprint density at radius 2 is 1.81 bits per heavy atom. The molecule has 6 heteroatoms. The average molecular weight is 234 g/mol. The molecule has 0 aliphatic heterocycles. The maximum Gasteiger partial charge on any atom is 0.239 e. The van der Waals surface area contributed by atoms with Crippen LogP contribution in [0.4, 0.5) is 0 Å². The van der Waals surface area contributed by atoms with Gasteiger partial charge in [-0.1, -0.05) is 0 Å². The molecule has 0 aromatic heterocycles. The molecule has 0 bridgehead atoms. The summed E-state index contributed by atoms with van der Waals surface area (Å²) < 4.78 is 15.3. The van der Waals surface area contributed by atoms with Gasteiger partial charge in [0.1, 0.15) is 5.54 Å². The van der Waals surface area contributed by atoms with Gasteiger partial charge < -0.3 is 25.7 Å². The van der Waals surface area contributed by atoms with Crippen molar-refractivity contribution in [2.24, 2.45) is 11.5 Å². The van der Waals surface area contributed by atoms with Gasteiger partial charge in [-0.05, 0) is 13.3 Å². The van der Waals surface area contributed by atoms with E-state index in [-0.39, 0.29) is 6.61 Å². The molecule has 1 amide bonds. The second-order valence-corrected chi connectivity index (χ2v) is 3.79. The van der Waals surface area contributed by atoms with Gasteiger partial charge in [0.25, 0.3) is 0 Å². The first kappa shape index (κ1) is 15.3. The second-order valence-electron chi connectivity index (χ2n) is 3.79. The molecule has 0 saturated carbocycles. The molecule has 0 aliphatic rings. The minimum absolute atomic E-state index is 0.101. The third-order valence-corrected chi connectivity index (χ3v) is 1.97. The van der Waals surface area contributed by atoms with Crippen LogP contribution >= 0.6 is 0 Å². The summed E-state index contributed by atoms with van der Waals surface area (Å²) in [5.74, 6) is -0.575. The van der Waals surface area contributed by atoms with Crippen molar-refractivity contribution in [1.29, 1.82) is 0 Å². The van der Waals surface area contributed by atoms with Gasteiger partial charge in [0.05, 0.1) is 19.8 Å². The van der Waals surface area contributed by atoms with Crippen LogP contribution in [0.2, 0.25) is 0 Å². The summed E-state index contributed by atoms with van der Waals surface area (Å²) in [5, 5.41) is 0. The molecular weight excluding hydrogens is 212 g/mol. The number of hydrogen-bond donors (Lipinski definition) is 2. The second kappa shape index (κ2) is 8.46. The smallest absolute Gasteiger partial charge is 0.239 e. The van der Waals surface area contributed by atoms with Crippen molar-refractivity contribution < 1.29 is 19.0 Å². The van der Waals surface area contributed by atoms with E-state index in [0.717, 1.165) is 6.42 Å². The zero-order valence-corrected chi connectivity index (χ0v) is 10.0. The lowest BCUT2D eigenvalue weighted by Crippen LogP contribution is -2.53. The molecular formula is C10H22N2O4. The third-order valence-electron chi connectivity index (χ3n) is 1.97. The number of amides is 1. The first-order valence-corrected chi connectivity index (χ1v) is 5.24. The van der Waals surface area contributed by atoms with Crippen molar-refractivity contribution in [3.8, 4) is 0 Å². The summed E-state index contributed by atoms with van der Waals surface area (Å²) in [6.07, 6.45) is 0.854. The monoisotopic (exact) mass is 234 g/mol. The summed E-state index contributed by atoms with van der Waals surface area (Å²) in [5.41, 5.74) is 9.54. The van der Waals surface area contributed by atoms with Gasteiger partial charge in [-0.2, -0.15) is 0 Å². The molecule has 4 N–H and O–H groups in total. The fourth-order valence-electron chi connectivity index (χ4n) is 0.881. The van der Waals surface area contributed by atoms with Gasteiger partial charge in [-0.3, -0.25) is 4.79 Å². The van der Waals surface area contributed by atoms with E-state index in [1.807, 2.05) is 0 Å². The van der Waals surface area contributed by atoms with Crippen molar-refractivity contribution >= 4 is 5.91 Å². The molecule has 16 heavy (non-hydrogen) atoms. The Hall–Kier alpha value is -0.690. The molecule has 1 atom stereocenters. The highest BCUT2D eigenvalue weighted by Crippen LogP contribution is 1.98. The number of ether oxygens (including phenoxy) is 3. The molecule has 96 valence electrons. The topological polar surface area (TPSA) is 96.8 Å². The number of rotatable bonds is 10. The zero-order chi connectivity index (χ0) is 12.4. The predicted octanol–water partition coefficient (Wildman–Crippen LogP) is -0.741. The Labute approximate surface area is 96.2 Å². The van der Waals surface area contributed by atoms with E-state index < -0.39 is 11.4 Å². The predicted molar refractivity (Wildman–Crippen MR) is 59.9 cm³/mol. The van der Waals surface area contributed by atoms with Gasteiger partial charge in [-0.15, -0.1) is 0 Å². The number of carbonyl (C=O) groups is 1. The third kappa shape index (κ3) is 7.58. The molecule has 0 fully saturated rings. The Morgan fingerprint density at radius 3 is 2.38 bits per heavy atom. The van der Waals surface area contributed by atoms with Gasteiger partial charge >= 0.3 is 0 Å². The summed E-state index contributed by atoms with van der Waals surface area (Å²) in [7, 11) is 1.65. The van der Waals surface area contributed by atoms with Crippen molar-refractivity contribution in [3.05, 3.63) is 0 Å². The van der Waals surface area contributed by atoms with Crippen LogP contribution in [0.3, 0.4) is 0 Å². The largest absolute Gasteiger partial charge is 0.385 e. The molecule has 0 saturated heterocycles. The molecule has 1 unspecified atom stereocenters. The molecule has 0 aromatic rings. The van der Waals surface area contributed by atoms with Gasteiger partial charge in [0.2, 0.25) is 5.91 Å². The fourth-order valence-corrected chi connectivity index (χ4v) is 0.881. The van der Waals surface area contributed by atoms with Crippen LogP contribution in [0.25, 0.3) is 0 Å². The lowest BCUT2D eigenvalue weighted by atomic mass is 10.1. The van der Waals surface area contributed by atoms with E-state index in [1.165, 1.54) is 6.92 Å². The lowest BCUT2D eigenvalue weighted by molar-refractivity contribution is -0.125. The molecule has 0 radical (unpaired) electrons. The number of carbonyl (C=O) groups excluding carboxylic acids is 1. The summed E-state index contributed by atoms with van der Waals surface area (Å²) in [4.78, 5) is 10.8. The first-order chi connectivity index (χ1) is 7.50. The van der Waals surface area contributed by atoms with Crippen LogP contribution in [0.5, 0.6) is 0 Å². The van der Waals surface area contributed by atoms with Crippen LogP contribution in [-0.2, 0) is 19.0 Å². The minimum atomic E-state index is -1.12. The van der Waals surface area contributed by atoms with Crippen LogP contribution in [0.15, 0.2) is 0 Å². The molecule has 0 aliphatic carbocycles. The number of primary amides is 1. The summed E-state index contributed by atoms with van der Waals surface area (Å²) >= 11 is 0. The average Bonchev–Trinajstić information content (AvgIpc) is 2.21. The van der Waals surface area contributed by atoms with Crippen LogP contribution in [0.1, 0.15) is 13.3 Å². The van der Waals surface area contributed by atoms with Crippen molar-refractivity contribution in [2.75, 3.05) is 40.1 Å². The maximum atomic E-state index is 10.8. The van der Waals surface area contributed by atoms with Crippen molar-refractivity contribution in [3.63, 3.8) is 0 Å². The standard InChI is InChI=1S/C10H22N2O4/c1-10(12,9(11)13)8-16-7-6-15-5-3-4-14-2/h3-8,12H2,1-2H3,(H2,11,13). The number of hydrogen-bond acceptors (Lipinski definition) is 5. The summed E-state index contributed by atoms with van der Waals surface area (Å²) in [6.45, 7) is 3.82. The summed E-state index contributed by atoms with van der Waals surface area (Å²) in [6, 6.07) is 0. The van der Waals surface area contributed by atoms with E-state index >= 15 is 0 Å². The maximum absolute atomic E-state index is 10.8. The first-order valence-electron chi connectivity index (χ1n) is 5.24. The minimum Gasteiger partial charge on any atom is -0.385 e. The number of methoxy groups -OCH3 is 1. The molecule has 0 aromatic carbocycles. The van der Waals surface area contributed by atoms with Crippen LogP contribution < -0.4 is 11.5 Å². The Morgan fingerprint density at radius 1 is 1.19 bits per heavy atom. The highest BCUT2D eigenvalue weighted by molar-refractivity contribution is 5.83. The molecule has 0 rings (SSSR count). The normalized spacial score (nSPS) is 14.7. The van der Waals surface area contributed by atoms with E-state index in [4.69, 9.17) is 25.7 Å². The Bertz CT molecular complexity index is 197. The highest BCUT2D eigenvalue weighted by Gasteiger charge is 2.25. The molecule has 0 spiro atoms. The highest BCUT2D eigenvalue weighted by atomic mass is 16.5. The van der Waals surface area contributed by atoms with E-state index in [1.54, 1.807) is 7.11 Å². The van der Waals surface area contributed by atoms with Crippen LogP contribution in [-0.4, -0.2) is 51.6 Å². The van der Waals surface area contributed by atoms with E-state index in [0.29, 0.717) is 26.4 Å². The van der Waals surface area contributed by atoms with E-state index in [2.05, 4.69) is 0 Å². The SMILES string of the molecule is COCCCOCCOCC(C)(N)C(N)=O. The Balaban J connectivity index is 3.30. The quantitative estimate of drug-likeness (QED) is 0.485. The molecule has 6 nitrogen and oxygen atoms in total.